The van der Waals surface area contributed by atoms with Crippen molar-refractivity contribution in [3.8, 4) is 5.75 Å². The van der Waals surface area contributed by atoms with Crippen molar-refractivity contribution in [3.05, 3.63) is 77.9 Å². The Morgan fingerprint density at radius 3 is 2.20 bits per heavy atom. The van der Waals surface area contributed by atoms with Crippen LogP contribution in [0.2, 0.25) is 0 Å². The predicted molar refractivity (Wildman–Crippen MR) is 183 cm³/mol. The van der Waals surface area contributed by atoms with Gasteiger partial charge in [0, 0.05) is 29.2 Å². The second-order valence-corrected chi connectivity index (χ2v) is 15.4. The van der Waals surface area contributed by atoms with Crippen molar-refractivity contribution in [3.63, 3.8) is 0 Å². The number of benzene rings is 2. The molecule has 4 aliphatic rings. The van der Waals surface area contributed by atoms with Gasteiger partial charge in [-0.25, -0.2) is 0 Å². The Kier molecular flexibility index (Phi) is 8.61. The summed E-state index contributed by atoms with van der Waals surface area (Å²) < 4.78 is 3.90. The number of anilines is 2. The first kappa shape index (κ1) is 32.4. The topological polar surface area (TPSA) is 90.4 Å². The molecule has 3 amide bonds. The molecule has 1 spiro atoms. The fraction of sp³-hybridized carbons (Fsp3) is 0.486. The summed E-state index contributed by atoms with van der Waals surface area (Å²) in [6.45, 7) is 13.1. The van der Waals surface area contributed by atoms with E-state index in [1.54, 1.807) is 26.5 Å². The van der Waals surface area contributed by atoms with Gasteiger partial charge >= 0.3 is 0 Å². The number of aryl methyl sites for hydroxylation is 2. The van der Waals surface area contributed by atoms with E-state index in [0.29, 0.717) is 26.1 Å². The fourth-order valence-corrected chi connectivity index (χ4v) is 10.4. The Hall–Kier alpha value is -3.56. The van der Waals surface area contributed by atoms with E-state index in [2.05, 4.69) is 19.9 Å². The minimum Gasteiger partial charge on any atom is -0.494 e. The van der Waals surface area contributed by atoms with Gasteiger partial charge in [0.1, 0.15) is 11.8 Å². The molecule has 4 aliphatic heterocycles. The van der Waals surface area contributed by atoms with Gasteiger partial charge in [0.2, 0.25) is 11.8 Å². The van der Waals surface area contributed by atoms with Crippen LogP contribution in [0.5, 0.6) is 5.75 Å². The van der Waals surface area contributed by atoms with E-state index in [0.717, 1.165) is 28.3 Å². The van der Waals surface area contributed by atoms with Gasteiger partial charge in [0.15, 0.2) is 0 Å². The number of aliphatic hydroxyl groups excluding tert-OH is 1. The summed E-state index contributed by atoms with van der Waals surface area (Å²) in [5.41, 5.74) is 3.53. The Morgan fingerprint density at radius 2 is 1.57 bits per heavy atom. The van der Waals surface area contributed by atoms with Crippen molar-refractivity contribution < 1.29 is 24.2 Å². The second kappa shape index (κ2) is 12.2. The molecule has 9 heteroatoms. The van der Waals surface area contributed by atoms with Gasteiger partial charge in [0.25, 0.3) is 5.91 Å². The number of nitrogens with zero attached hydrogens (tertiary/aromatic N) is 3. The van der Waals surface area contributed by atoms with Gasteiger partial charge in [0.05, 0.1) is 35.8 Å². The van der Waals surface area contributed by atoms with Crippen LogP contribution in [-0.2, 0) is 14.4 Å². The molecule has 4 heterocycles. The molecule has 2 fully saturated rings. The maximum Gasteiger partial charge on any atom is 0.251 e. The third-order valence-electron chi connectivity index (χ3n) is 10.0. The number of rotatable bonds is 8. The zero-order valence-electron chi connectivity index (χ0n) is 27.6. The maximum absolute atomic E-state index is 15.0. The number of carbonyl (C=O) groups excluding carboxylic acids is 3. The zero-order valence-corrected chi connectivity index (χ0v) is 28.4. The first-order chi connectivity index (χ1) is 22.0. The van der Waals surface area contributed by atoms with Crippen molar-refractivity contribution in [2.75, 3.05) is 36.1 Å². The minimum absolute atomic E-state index is 0.138. The van der Waals surface area contributed by atoms with Gasteiger partial charge < -0.3 is 24.5 Å². The van der Waals surface area contributed by atoms with Gasteiger partial charge in [-0.05, 0) is 75.4 Å². The predicted octanol–water partition coefficient (Wildman–Crippen LogP) is 5.30. The first-order valence-electron chi connectivity index (χ1n) is 16.4. The van der Waals surface area contributed by atoms with Gasteiger partial charge in [-0.15, -0.1) is 11.8 Å². The lowest BCUT2D eigenvalue weighted by molar-refractivity contribution is -0.142. The third kappa shape index (κ3) is 5.07. The van der Waals surface area contributed by atoms with Gasteiger partial charge in [-0.3, -0.25) is 14.4 Å². The standard InChI is InChI=1S/C37H45N3O5S/c1-7-45-28-15-13-26(14-16-28)38-19-9-17-36(6)29(33(38)42)30-34(43)40(27(22-41)21-23(2)3)32-35(44)39(20-10-18-37(30,32)46-36)31-24(4)11-8-12-25(31)5/h8-18,23,27,29-30,32,41H,7,19-22H2,1-6H3/t27-,29-,30+,32?,36+,37+/m1/s1. The number of hydrogen-bond acceptors (Lipinski definition) is 6. The lowest BCUT2D eigenvalue weighted by Crippen LogP contribution is -2.57. The van der Waals surface area contributed by atoms with E-state index in [4.69, 9.17) is 4.74 Å². The molecule has 0 radical (unpaired) electrons. The normalized spacial score (nSPS) is 29.5. The highest BCUT2D eigenvalue weighted by Gasteiger charge is 2.74. The molecule has 8 nitrogen and oxygen atoms in total. The van der Waals surface area contributed by atoms with Crippen molar-refractivity contribution in [1.82, 2.24) is 4.90 Å². The summed E-state index contributed by atoms with van der Waals surface area (Å²) in [6, 6.07) is 12.0. The quantitative estimate of drug-likeness (QED) is 0.393. The molecule has 6 atom stereocenters. The molecule has 1 unspecified atom stereocenters. The summed E-state index contributed by atoms with van der Waals surface area (Å²) in [7, 11) is 0. The van der Waals surface area contributed by atoms with E-state index in [1.165, 1.54) is 0 Å². The van der Waals surface area contributed by atoms with Crippen molar-refractivity contribution in [2.24, 2.45) is 17.8 Å². The molecule has 2 saturated heterocycles. The summed E-state index contributed by atoms with van der Waals surface area (Å²) >= 11 is 1.57. The number of hydrogen-bond donors (Lipinski definition) is 1. The number of aliphatic hydroxyl groups is 1. The Morgan fingerprint density at radius 1 is 0.913 bits per heavy atom. The number of carbonyl (C=O) groups is 3. The number of ether oxygens (including phenoxy) is 1. The van der Waals surface area contributed by atoms with Crippen LogP contribution in [0.25, 0.3) is 0 Å². The molecule has 6 rings (SSSR count). The van der Waals surface area contributed by atoms with Crippen LogP contribution < -0.4 is 14.5 Å². The summed E-state index contributed by atoms with van der Waals surface area (Å²) in [6.07, 6.45) is 8.67. The Labute approximate surface area is 276 Å². The van der Waals surface area contributed by atoms with Crippen molar-refractivity contribution >= 4 is 40.9 Å². The maximum atomic E-state index is 15.0. The largest absolute Gasteiger partial charge is 0.494 e. The van der Waals surface area contributed by atoms with E-state index in [-0.39, 0.29) is 30.2 Å². The number of para-hydroxylation sites is 1. The van der Waals surface area contributed by atoms with Crippen LogP contribution >= 0.6 is 11.8 Å². The fourth-order valence-electron chi connectivity index (χ4n) is 8.23. The van der Waals surface area contributed by atoms with Gasteiger partial charge in [-0.1, -0.05) is 56.4 Å². The average molecular weight is 644 g/mol. The molecular formula is C37H45N3O5S. The van der Waals surface area contributed by atoms with Gasteiger partial charge in [-0.2, -0.15) is 0 Å². The first-order valence-corrected chi connectivity index (χ1v) is 17.2. The van der Waals surface area contributed by atoms with Crippen LogP contribution in [0.4, 0.5) is 11.4 Å². The van der Waals surface area contributed by atoms with E-state index in [1.807, 2.05) is 88.4 Å². The van der Waals surface area contributed by atoms with Crippen LogP contribution in [-0.4, -0.2) is 75.6 Å². The average Bonchev–Trinajstić information content (AvgIpc) is 3.29. The highest BCUT2D eigenvalue weighted by molar-refractivity contribution is 8.02. The van der Waals surface area contributed by atoms with Crippen LogP contribution in [0.1, 0.15) is 45.2 Å². The molecule has 0 aromatic heterocycles. The van der Waals surface area contributed by atoms with E-state index < -0.39 is 33.4 Å². The van der Waals surface area contributed by atoms with E-state index >= 15 is 4.79 Å². The molecule has 2 aromatic carbocycles. The number of likely N-dealkylation sites (tertiary alicyclic amines) is 1. The monoisotopic (exact) mass is 643 g/mol. The number of amides is 3. The number of fused-ring (bicyclic) bond motifs is 2. The summed E-state index contributed by atoms with van der Waals surface area (Å²) in [5, 5.41) is 10.7. The molecule has 0 bridgehead atoms. The lowest BCUT2D eigenvalue weighted by atomic mass is 9.74. The molecule has 0 saturated carbocycles. The highest BCUT2D eigenvalue weighted by atomic mass is 32.2. The summed E-state index contributed by atoms with van der Waals surface area (Å²) in [4.78, 5) is 50.0. The van der Waals surface area contributed by atoms with Crippen LogP contribution in [0.3, 0.4) is 0 Å². The Balaban J connectivity index is 1.48. The highest BCUT2D eigenvalue weighted by Crippen LogP contribution is 2.66. The third-order valence-corrected chi connectivity index (χ3v) is 11.8. The second-order valence-electron chi connectivity index (χ2n) is 13.6. The molecule has 2 aromatic rings. The molecule has 46 heavy (non-hydrogen) atoms. The Bertz CT molecular complexity index is 1570. The number of thioether (sulfide) groups is 1. The van der Waals surface area contributed by atoms with Crippen LogP contribution in [0.15, 0.2) is 66.8 Å². The molecule has 1 N–H and O–H groups in total. The van der Waals surface area contributed by atoms with E-state index in [9.17, 15) is 14.7 Å². The van der Waals surface area contributed by atoms with Crippen LogP contribution in [0, 0.1) is 31.6 Å². The minimum atomic E-state index is -0.995. The smallest absolute Gasteiger partial charge is 0.251 e. The molecule has 244 valence electrons. The lowest BCUT2D eigenvalue weighted by Gasteiger charge is -2.40. The SMILES string of the molecule is CCOc1ccc(N2CC=C[C@]3(C)S[C@]45C=CCN(c6c(C)cccc6C)C(=O)C4N([C@@H](CO)CC(C)C)C(=O)[C@@H]5[C@@H]3C2=O)cc1. The van der Waals surface area contributed by atoms with Crippen molar-refractivity contribution in [1.29, 1.82) is 0 Å². The molecular weight excluding hydrogens is 598 g/mol. The molecule has 0 aliphatic carbocycles. The zero-order chi connectivity index (χ0) is 33.0. The summed E-state index contributed by atoms with van der Waals surface area (Å²) in [5.74, 6) is -1.14. The van der Waals surface area contributed by atoms with Crippen molar-refractivity contribution in [2.45, 2.75) is 69.5 Å².